The maximum Gasteiger partial charge on any atom is 0.405 e. The third kappa shape index (κ3) is 4.99. The first kappa shape index (κ1) is 24.1. The average molecular weight is 496 g/mol. The molecule has 0 bridgehead atoms. The first-order valence-corrected chi connectivity index (χ1v) is 12.0. The molecular weight excluding hydrogens is 467 g/mol. The van der Waals surface area contributed by atoms with E-state index in [-0.39, 0.29) is 25.1 Å². The number of imidazole rings is 1. The lowest BCUT2D eigenvalue weighted by atomic mass is 10.0. The third-order valence-electron chi connectivity index (χ3n) is 6.34. The first-order chi connectivity index (χ1) is 17.3. The minimum atomic E-state index is -4.34. The van der Waals surface area contributed by atoms with E-state index in [1.54, 1.807) is 11.2 Å². The molecule has 0 spiro atoms. The molecule has 1 atom stereocenters. The first-order valence-electron chi connectivity index (χ1n) is 12.0. The highest BCUT2D eigenvalue weighted by Crippen LogP contribution is 2.28. The van der Waals surface area contributed by atoms with Crippen LogP contribution in [0.2, 0.25) is 0 Å². The van der Waals surface area contributed by atoms with Gasteiger partial charge in [-0.15, -0.1) is 0 Å². The minimum absolute atomic E-state index is 0.0853. The second kappa shape index (κ2) is 9.77. The van der Waals surface area contributed by atoms with Crippen molar-refractivity contribution >= 4 is 22.9 Å². The van der Waals surface area contributed by atoms with Crippen molar-refractivity contribution in [2.45, 2.75) is 38.7 Å². The van der Waals surface area contributed by atoms with E-state index in [1.165, 1.54) is 0 Å². The summed E-state index contributed by atoms with van der Waals surface area (Å²) < 4.78 is 42.0. The number of nitrogens with one attached hydrogen (secondary N) is 2. The number of halogens is 3. The lowest BCUT2D eigenvalue weighted by Crippen LogP contribution is -2.57. The molecule has 1 aliphatic heterocycles. The van der Waals surface area contributed by atoms with Gasteiger partial charge in [0.05, 0.1) is 6.33 Å². The van der Waals surface area contributed by atoms with Crippen LogP contribution in [0.4, 0.5) is 24.9 Å². The standard InChI is InChI=1S/C26H28F3N7/c1-17(2)36-16-32-22-23(31-14-18-8-10-20(11-9-18)19-6-4-3-5-7-19)33-25(34-24(22)36)35-13-12-30-21(15-35)26(27,28)29/h3-11,16-17,21,30H,12-15H2,1-2H3,(H,31,33,34)/t21-/m0/s1. The van der Waals surface area contributed by atoms with Crippen LogP contribution in [-0.4, -0.2) is 51.4 Å². The van der Waals surface area contributed by atoms with Crippen LogP contribution in [-0.2, 0) is 6.54 Å². The predicted octanol–water partition coefficient (Wildman–Crippen LogP) is 5.03. The van der Waals surface area contributed by atoms with Gasteiger partial charge in [0.15, 0.2) is 17.0 Å². The predicted molar refractivity (Wildman–Crippen MR) is 135 cm³/mol. The topological polar surface area (TPSA) is 70.9 Å². The zero-order chi connectivity index (χ0) is 25.3. The number of alkyl halides is 3. The number of hydrogen-bond acceptors (Lipinski definition) is 6. The molecule has 0 aliphatic carbocycles. The van der Waals surface area contributed by atoms with E-state index >= 15 is 0 Å². The fraction of sp³-hybridized carbons (Fsp3) is 0.346. The lowest BCUT2D eigenvalue weighted by molar-refractivity contribution is -0.155. The van der Waals surface area contributed by atoms with E-state index in [1.807, 2.05) is 48.7 Å². The van der Waals surface area contributed by atoms with Gasteiger partial charge in [0.2, 0.25) is 5.95 Å². The molecule has 1 fully saturated rings. The van der Waals surface area contributed by atoms with Gasteiger partial charge in [-0.2, -0.15) is 23.1 Å². The van der Waals surface area contributed by atoms with Crippen LogP contribution in [0, 0.1) is 0 Å². The summed E-state index contributed by atoms with van der Waals surface area (Å²) in [5, 5.41) is 5.89. The third-order valence-corrected chi connectivity index (χ3v) is 6.34. The second-order valence-corrected chi connectivity index (χ2v) is 9.20. The minimum Gasteiger partial charge on any atom is -0.364 e. The molecule has 0 radical (unpaired) electrons. The van der Waals surface area contributed by atoms with Crippen LogP contribution in [0.25, 0.3) is 22.3 Å². The number of nitrogens with zero attached hydrogens (tertiary/aromatic N) is 5. The van der Waals surface area contributed by atoms with E-state index in [4.69, 9.17) is 0 Å². The van der Waals surface area contributed by atoms with Crippen LogP contribution < -0.4 is 15.5 Å². The van der Waals surface area contributed by atoms with Crippen LogP contribution >= 0.6 is 0 Å². The van der Waals surface area contributed by atoms with E-state index in [9.17, 15) is 13.2 Å². The fourth-order valence-electron chi connectivity index (χ4n) is 4.33. The Morgan fingerprint density at radius 3 is 2.44 bits per heavy atom. The van der Waals surface area contributed by atoms with Gasteiger partial charge in [0.25, 0.3) is 0 Å². The highest BCUT2D eigenvalue weighted by molar-refractivity contribution is 5.84. The van der Waals surface area contributed by atoms with Crippen molar-refractivity contribution in [1.29, 1.82) is 0 Å². The van der Waals surface area contributed by atoms with Gasteiger partial charge >= 0.3 is 6.18 Å². The van der Waals surface area contributed by atoms with E-state index in [0.717, 1.165) is 16.7 Å². The molecule has 3 heterocycles. The Bertz CT molecular complexity index is 1320. The maximum atomic E-state index is 13.4. The summed E-state index contributed by atoms with van der Waals surface area (Å²) in [6.45, 7) is 4.84. The Kier molecular flexibility index (Phi) is 6.53. The molecule has 0 unspecified atom stereocenters. The Morgan fingerprint density at radius 2 is 1.75 bits per heavy atom. The molecule has 2 N–H and O–H groups in total. The van der Waals surface area contributed by atoms with Crippen LogP contribution in [0.5, 0.6) is 0 Å². The quantitative estimate of drug-likeness (QED) is 0.391. The van der Waals surface area contributed by atoms with Gasteiger partial charge in [-0.25, -0.2) is 4.98 Å². The summed E-state index contributed by atoms with van der Waals surface area (Å²) in [5.41, 5.74) is 4.51. The summed E-state index contributed by atoms with van der Waals surface area (Å²) >= 11 is 0. The molecule has 188 valence electrons. The molecule has 5 rings (SSSR count). The monoisotopic (exact) mass is 495 g/mol. The number of rotatable bonds is 6. The van der Waals surface area contributed by atoms with E-state index < -0.39 is 12.2 Å². The molecule has 2 aromatic heterocycles. The summed E-state index contributed by atoms with van der Waals surface area (Å²) in [6.07, 6.45) is -2.64. The number of aromatic nitrogens is 4. The molecular formula is C26H28F3N7. The Labute approximate surface area is 207 Å². The molecule has 36 heavy (non-hydrogen) atoms. The largest absolute Gasteiger partial charge is 0.405 e. The molecule has 0 amide bonds. The fourth-order valence-corrected chi connectivity index (χ4v) is 4.33. The van der Waals surface area contributed by atoms with Crippen molar-refractivity contribution in [3.63, 3.8) is 0 Å². The van der Waals surface area contributed by atoms with Crippen LogP contribution in [0.3, 0.4) is 0 Å². The summed E-state index contributed by atoms with van der Waals surface area (Å²) in [7, 11) is 0. The van der Waals surface area contributed by atoms with Gasteiger partial charge in [0, 0.05) is 32.2 Å². The summed E-state index contributed by atoms with van der Waals surface area (Å²) in [5.74, 6) is 0.770. The number of fused-ring (bicyclic) bond motifs is 1. The van der Waals surface area contributed by atoms with E-state index in [2.05, 4.69) is 49.9 Å². The highest BCUT2D eigenvalue weighted by atomic mass is 19.4. The van der Waals surface area contributed by atoms with Gasteiger partial charge in [-0.3, -0.25) is 0 Å². The van der Waals surface area contributed by atoms with Gasteiger partial charge in [-0.1, -0.05) is 54.6 Å². The molecule has 2 aromatic carbocycles. The number of hydrogen-bond donors (Lipinski definition) is 2. The molecule has 7 nitrogen and oxygen atoms in total. The average Bonchev–Trinajstić information content (AvgIpc) is 3.32. The molecule has 1 saturated heterocycles. The van der Waals surface area contributed by atoms with Crippen molar-refractivity contribution in [2.75, 3.05) is 29.9 Å². The lowest BCUT2D eigenvalue weighted by Gasteiger charge is -2.34. The van der Waals surface area contributed by atoms with Crippen LogP contribution in [0.1, 0.15) is 25.5 Å². The van der Waals surface area contributed by atoms with Crippen LogP contribution in [0.15, 0.2) is 60.9 Å². The van der Waals surface area contributed by atoms with Crippen molar-refractivity contribution in [3.05, 3.63) is 66.5 Å². The van der Waals surface area contributed by atoms with Gasteiger partial charge < -0.3 is 20.1 Å². The van der Waals surface area contributed by atoms with Gasteiger partial charge in [-0.05, 0) is 30.5 Å². The second-order valence-electron chi connectivity index (χ2n) is 9.20. The normalized spacial score (nSPS) is 16.6. The number of benzene rings is 2. The number of piperazine rings is 1. The maximum absolute atomic E-state index is 13.4. The Balaban J connectivity index is 1.42. The molecule has 4 aromatic rings. The van der Waals surface area contributed by atoms with Crippen molar-refractivity contribution in [2.24, 2.45) is 0 Å². The SMILES string of the molecule is CC(C)n1cnc2c(NCc3ccc(-c4ccccc4)cc3)nc(N3CCN[C@H](C(F)(F)F)C3)nc21. The summed E-state index contributed by atoms with van der Waals surface area (Å²) in [4.78, 5) is 15.4. The van der Waals surface area contributed by atoms with Crippen molar-refractivity contribution < 1.29 is 13.2 Å². The molecule has 10 heteroatoms. The number of anilines is 2. The molecule has 0 saturated carbocycles. The zero-order valence-corrected chi connectivity index (χ0v) is 20.1. The Morgan fingerprint density at radius 1 is 1.03 bits per heavy atom. The van der Waals surface area contributed by atoms with Gasteiger partial charge in [0.1, 0.15) is 6.04 Å². The van der Waals surface area contributed by atoms with E-state index in [0.29, 0.717) is 30.1 Å². The smallest absolute Gasteiger partial charge is 0.364 e. The van der Waals surface area contributed by atoms with Crippen molar-refractivity contribution in [3.8, 4) is 11.1 Å². The zero-order valence-electron chi connectivity index (χ0n) is 20.1. The molecule has 1 aliphatic rings. The highest BCUT2D eigenvalue weighted by Gasteiger charge is 2.42. The Hall–Kier alpha value is -3.66. The summed E-state index contributed by atoms with van der Waals surface area (Å²) in [6, 6.07) is 16.8. The van der Waals surface area contributed by atoms with Crippen molar-refractivity contribution in [1.82, 2.24) is 24.8 Å².